The molecule has 0 saturated heterocycles. The van der Waals surface area contributed by atoms with Gasteiger partial charge in [0.1, 0.15) is 0 Å². The second-order valence-corrected chi connectivity index (χ2v) is 5.79. The van der Waals surface area contributed by atoms with Gasteiger partial charge in [-0.05, 0) is 35.9 Å². The molecule has 0 radical (unpaired) electrons. The molecule has 1 N–H and O–H groups in total. The first-order valence-electron chi connectivity index (χ1n) is 8.38. The molecular formula is C20H22NO7-. The summed E-state index contributed by atoms with van der Waals surface area (Å²) in [6, 6.07) is 8.74. The van der Waals surface area contributed by atoms with E-state index in [9.17, 15) is 14.7 Å². The van der Waals surface area contributed by atoms with Crippen LogP contribution in [0, 0.1) is 0 Å². The molecule has 0 fully saturated rings. The number of aliphatic carboxylic acids is 1. The Morgan fingerprint density at radius 1 is 0.857 bits per heavy atom. The number of carbonyl (C=O) groups excluding carboxylic acids is 2. The van der Waals surface area contributed by atoms with E-state index in [4.69, 9.17) is 18.9 Å². The van der Waals surface area contributed by atoms with Crippen molar-refractivity contribution in [1.82, 2.24) is 5.32 Å². The van der Waals surface area contributed by atoms with Gasteiger partial charge >= 0.3 is 0 Å². The summed E-state index contributed by atoms with van der Waals surface area (Å²) in [7, 11) is 5.92. The Morgan fingerprint density at radius 3 is 1.93 bits per heavy atom. The molecule has 0 saturated carbocycles. The highest BCUT2D eigenvalue weighted by Crippen LogP contribution is 2.31. The van der Waals surface area contributed by atoms with Crippen molar-refractivity contribution in [3.05, 3.63) is 47.5 Å². The summed E-state index contributed by atoms with van der Waals surface area (Å²) in [5.74, 6) is 0.00529. The SMILES string of the molecule is COc1ccc(C(=O)N[C@H](CC(=O)[O-])c2ccc(OC)c(OC)c2)cc1OC. The van der Waals surface area contributed by atoms with Gasteiger partial charge in [-0.15, -0.1) is 0 Å². The first-order valence-corrected chi connectivity index (χ1v) is 8.38. The van der Waals surface area contributed by atoms with E-state index in [0.29, 0.717) is 34.1 Å². The topological polar surface area (TPSA) is 106 Å². The van der Waals surface area contributed by atoms with Crippen LogP contribution >= 0.6 is 0 Å². The second kappa shape index (κ2) is 9.50. The molecule has 0 aliphatic carbocycles. The number of nitrogens with one attached hydrogen (secondary N) is 1. The highest BCUT2D eigenvalue weighted by atomic mass is 16.5. The van der Waals surface area contributed by atoms with Crippen LogP contribution < -0.4 is 29.4 Å². The number of hydrogen-bond donors (Lipinski definition) is 1. The number of rotatable bonds is 9. The van der Waals surface area contributed by atoms with Gasteiger partial charge in [0.15, 0.2) is 23.0 Å². The third-order valence-corrected chi connectivity index (χ3v) is 4.13. The number of hydrogen-bond acceptors (Lipinski definition) is 7. The minimum atomic E-state index is -1.30. The van der Waals surface area contributed by atoms with E-state index >= 15 is 0 Å². The average Bonchev–Trinajstić information content (AvgIpc) is 2.71. The van der Waals surface area contributed by atoms with Gasteiger partial charge in [-0.3, -0.25) is 4.79 Å². The number of benzene rings is 2. The minimum absolute atomic E-state index is 0.293. The quantitative estimate of drug-likeness (QED) is 0.691. The maximum atomic E-state index is 12.7. The van der Waals surface area contributed by atoms with Crippen molar-refractivity contribution in [1.29, 1.82) is 0 Å². The molecule has 0 aromatic heterocycles. The summed E-state index contributed by atoms with van der Waals surface area (Å²) in [4.78, 5) is 23.9. The molecule has 2 rings (SSSR count). The zero-order valence-corrected chi connectivity index (χ0v) is 16.1. The summed E-state index contributed by atoms with van der Waals surface area (Å²) in [5.41, 5.74) is 0.831. The first kappa shape index (κ1) is 20.9. The Hall–Kier alpha value is -3.42. The van der Waals surface area contributed by atoms with Crippen molar-refractivity contribution >= 4 is 11.9 Å². The van der Waals surface area contributed by atoms with Crippen molar-refractivity contribution in [3.8, 4) is 23.0 Å². The molecule has 8 nitrogen and oxygen atoms in total. The molecule has 0 bridgehead atoms. The lowest BCUT2D eigenvalue weighted by molar-refractivity contribution is -0.306. The van der Waals surface area contributed by atoms with E-state index in [0.717, 1.165) is 0 Å². The smallest absolute Gasteiger partial charge is 0.251 e. The highest BCUT2D eigenvalue weighted by Gasteiger charge is 2.19. The van der Waals surface area contributed by atoms with Crippen LogP contribution in [-0.2, 0) is 4.79 Å². The third kappa shape index (κ3) is 4.85. The third-order valence-electron chi connectivity index (χ3n) is 4.13. The summed E-state index contributed by atoms with van der Waals surface area (Å²) in [6.07, 6.45) is -0.408. The Labute approximate surface area is 163 Å². The van der Waals surface area contributed by atoms with Gasteiger partial charge in [0.2, 0.25) is 0 Å². The lowest BCUT2D eigenvalue weighted by atomic mass is 10.0. The van der Waals surface area contributed by atoms with Gasteiger partial charge in [-0.1, -0.05) is 6.07 Å². The van der Waals surface area contributed by atoms with E-state index in [2.05, 4.69) is 5.32 Å². The molecule has 2 aromatic rings. The molecule has 0 heterocycles. The van der Waals surface area contributed by atoms with Gasteiger partial charge in [-0.25, -0.2) is 0 Å². The van der Waals surface area contributed by atoms with E-state index in [1.54, 1.807) is 30.3 Å². The van der Waals surface area contributed by atoms with E-state index in [-0.39, 0.29) is 0 Å². The number of carboxylic acids is 1. The molecular weight excluding hydrogens is 366 g/mol. The Kier molecular flexibility index (Phi) is 7.08. The summed E-state index contributed by atoms with van der Waals surface area (Å²) in [5, 5.41) is 13.9. The molecule has 2 aromatic carbocycles. The van der Waals surface area contributed by atoms with Gasteiger partial charge in [-0.2, -0.15) is 0 Å². The number of methoxy groups -OCH3 is 4. The predicted octanol–water partition coefficient (Wildman–Crippen LogP) is 1.33. The molecule has 8 heteroatoms. The predicted molar refractivity (Wildman–Crippen MR) is 98.9 cm³/mol. The van der Waals surface area contributed by atoms with E-state index in [1.807, 2.05) is 0 Å². The largest absolute Gasteiger partial charge is 0.550 e. The molecule has 0 unspecified atom stereocenters. The minimum Gasteiger partial charge on any atom is -0.550 e. The number of carboxylic acid groups (broad SMARTS) is 1. The van der Waals surface area contributed by atoms with Crippen molar-refractivity contribution < 1.29 is 33.6 Å². The van der Waals surface area contributed by atoms with Crippen LogP contribution in [0.4, 0.5) is 0 Å². The van der Waals surface area contributed by atoms with Crippen molar-refractivity contribution in [3.63, 3.8) is 0 Å². The van der Waals surface area contributed by atoms with Crippen LogP contribution in [0.1, 0.15) is 28.4 Å². The van der Waals surface area contributed by atoms with Gasteiger partial charge in [0.25, 0.3) is 5.91 Å². The first-order chi connectivity index (χ1) is 13.4. The molecule has 28 heavy (non-hydrogen) atoms. The number of ether oxygens (including phenoxy) is 4. The molecule has 0 aliphatic rings. The monoisotopic (exact) mass is 388 g/mol. The lowest BCUT2D eigenvalue weighted by Gasteiger charge is -2.21. The van der Waals surface area contributed by atoms with Crippen molar-refractivity contribution in [2.75, 3.05) is 28.4 Å². The summed E-state index contributed by atoms with van der Waals surface area (Å²) >= 11 is 0. The molecule has 0 aliphatic heterocycles. The van der Waals surface area contributed by atoms with E-state index < -0.39 is 24.3 Å². The van der Waals surface area contributed by atoms with Crippen LogP contribution in [0.3, 0.4) is 0 Å². The Balaban J connectivity index is 2.32. The normalized spacial score (nSPS) is 11.3. The van der Waals surface area contributed by atoms with E-state index in [1.165, 1.54) is 34.5 Å². The molecule has 1 amide bonds. The summed E-state index contributed by atoms with van der Waals surface area (Å²) in [6.45, 7) is 0. The zero-order valence-electron chi connectivity index (χ0n) is 16.1. The van der Waals surface area contributed by atoms with Crippen LogP contribution in [0.5, 0.6) is 23.0 Å². The lowest BCUT2D eigenvalue weighted by Crippen LogP contribution is -2.34. The fourth-order valence-corrected chi connectivity index (χ4v) is 2.71. The molecule has 150 valence electrons. The van der Waals surface area contributed by atoms with Crippen LogP contribution in [0.2, 0.25) is 0 Å². The molecule has 0 spiro atoms. The maximum absolute atomic E-state index is 12.7. The number of amides is 1. The highest BCUT2D eigenvalue weighted by molar-refractivity contribution is 5.95. The van der Waals surface area contributed by atoms with Gasteiger partial charge < -0.3 is 34.2 Å². The van der Waals surface area contributed by atoms with Gasteiger partial charge in [0, 0.05) is 18.0 Å². The average molecular weight is 388 g/mol. The number of carbonyl (C=O) groups is 2. The van der Waals surface area contributed by atoms with Crippen molar-refractivity contribution in [2.24, 2.45) is 0 Å². The van der Waals surface area contributed by atoms with Crippen LogP contribution in [0.25, 0.3) is 0 Å². The summed E-state index contributed by atoms with van der Waals surface area (Å²) < 4.78 is 20.8. The Bertz CT molecular complexity index is 850. The molecule has 1 atom stereocenters. The fraction of sp³-hybridized carbons (Fsp3) is 0.300. The van der Waals surface area contributed by atoms with Gasteiger partial charge in [0.05, 0.1) is 34.5 Å². The maximum Gasteiger partial charge on any atom is 0.251 e. The van der Waals surface area contributed by atoms with Crippen LogP contribution in [-0.4, -0.2) is 40.3 Å². The second-order valence-electron chi connectivity index (χ2n) is 5.79. The fourth-order valence-electron chi connectivity index (χ4n) is 2.71. The zero-order chi connectivity index (χ0) is 20.7. The van der Waals surface area contributed by atoms with Crippen LogP contribution in [0.15, 0.2) is 36.4 Å². The standard InChI is InChI=1S/C20H23NO7/c1-25-15-7-5-12(9-17(15)27-3)14(11-19(22)23)21-20(24)13-6-8-16(26-2)18(10-13)28-4/h5-10,14H,11H2,1-4H3,(H,21,24)(H,22,23)/p-1/t14-/m1/s1. The Morgan fingerprint density at radius 2 is 1.39 bits per heavy atom. The van der Waals surface area contributed by atoms with Crippen molar-refractivity contribution in [2.45, 2.75) is 12.5 Å².